The molecule has 4 nitrogen and oxygen atoms in total. The number of quaternary nitrogens is 1. The molecule has 0 amide bonds. The van der Waals surface area contributed by atoms with Crippen LogP contribution in [0.25, 0.3) is 0 Å². The molecule has 0 aliphatic heterocycles. The first-order chi connectivity index (χ1) is 22.1. The highest BCUT2D eigenvalue weighted by Gasteiger charge is 2.19. The highest BCUT2D eigenvalue weighted by Crippen LogP contribution is 2.30. The first kappa shape index (κ1) is 36.3. The molecule has 4 aromatic carbocycles. The van der Waals surface area contributed by atoms with Gasteiger partial charge in [0.2, 0.25) is 0 Å². The number of rotatable bonds is 18. The molecule has 0 spiro atoms. The highest BCUT2D eigenvalue weighted by molar-refractivity contribution is 6.34. The second-order valence-electron chi connectivity index (χ2n) is 11.7. The van der Waals surface area contributed by atoms with Crippen molar-refractivity contribution in [1.29, 1.82) is 0 Å². The van der Waals surface area contributed by atoms with Crippen molar-refractivity contribution in [2.24, 2.45) is 0 Å². The second-order valence-corrected chi connectivity index (χ2v) is 11.7. The summed E-state index contributed by atoms with van der Waals surface area (Å²) in [6, 6.07) is 42.2. The van der Waals surface area contributed by atoms with Crippen molar-refractivity contribution in [2.75, 3.05) is 39.4 Å². The van der Waals surface area contributed by atoms with Gasteiger partial charge in [-0.15, -0.1) is 0 Å². The minimum atomic E-state index is -1.19. The molecule has 0 heterocycles. The molecule has 0 fully saturated rings. The van der Waals surface area contributed by atoms with Crippen LogP contribution in [0.4, 0.5) is 0 Å². The van der Waals surface area contributed by atoms with Crippen LogP contribution in [-0.2, 0) is 9.31 Å². The highest BCUT2D eigenvalue weighted by atomic mass is 16.7. The molecule has 45 heavy (non-hydrogen) atoms. The van der Waals surface area contributed by atoms with Gasteiger partial charge in [-0.25, -0.2) is 0 Å². The van der Waals surface area contributed by atoms with Crippen molar-refractivity contribution in [3.8, 4) is 0 Å². The van der Waals surface area contributed by atoms with Crippen LogP contribution in [0, 0.1) is 0 Å². The summed E-state index contributed by atoms with van der Waals surface area (Å²) in [6.45, 7) is 15.1. The summed E-state index contributed by atoms with van der Waals surface area (Å²) >= 11 is 0. The smallest absolute Gasteiger partial charge is 0.402 e. The quantitative estimate of drug-likeness (QED) is 0.0696. The molecule has 0 aliphatic carbocycles. The van der Waals surface area contributed by atoms with E-state index < -0.39 is 7.32 Å². The van der Waals surface area contributed by atoms with Gasteiger partial charge in [-0.05, 0) is 75.6 Å². The first-order valence-electron chi connectivity index (χ1n) is 17.0. The van der Waals surface area contributed by atoms with Gasteiger partial charge < -0.3 is 18.8 Å². The van der Waals surface area contributed by atoms with Crippen LogP contribution in [0.2, 0.25) is 0 Å². The second kappa shape index (κ2) is 20.7. The van der Waals surface area contributed by atoms with Crippen molar-refractivity contribution in [1.82, 2.24) is 0 Å². The molecule has 0 atom stereocenters. The standard InChI is InChI=1S/C32H35BO3.C8H20N/c34-33(35-25-13-23-31(27-15-5-1-6-16-27)28-17-7-2-8-18-28)36-26-14-24-32(29-19-9-3-10-20-29)30-21-11-4-12-22-30;1-5-9(6-2,7-3)8-4/h1-12,15-22,31-32,34H,13-14,23-26H2;5-8H2,1-4H3/q;+1. The predicted octanol–water partition coefficient (Wildman–Crippen LogP) is 9.10. The van der Waals surface area contributed by atoms with E-state index in [1.807, 2.05) is 24.3 Å². The Labute approximate surface area is 273 Å². The monoisotopic (exact) mass is 608 g/mol. The SMILES string of the molecule is CC[N+](CC)(CC)CC.OB(OCCCC(c1ccccc1)c1ccccc1)OCCCC(c1ccccc1)c1ccccc1. The van der Waals surface area contributed by atoms with Gasteiger partial charge in [0, 0.05) is 25.0 Å². The van der Waals surface area contributed by atoms with E-state index in [9.17, 15) is 5.02 Å². The van der Waals surface area contributed by atoms with Crippen molar-refractivity contribution in [3.05, 3.63) is 144 Å². The van der Waals surface area contributed by atoms with E-state index in [-0.39, 0.29) is 0 Å². The summed E-state index contributed by atoms with van der Waals surface area (Å²) in [5, 5.41) is 10.2. The van der Waals surface area contributed by atoms with Gasteiger partial charge in [0.1, 0.15) is 0 Å². The molecule has 0 bridgehead atoms. The first-order valence-corrected chi connectivity index (χ1v) is 17.0. The van der Waals surface area contributed by atoms with Crippen LogP contribution in [0.1, 0.15) is 87.5 Å². The molecule has 240 valence electrons. The Morgan fingerprint density at radius 1 is 0.489 bits per heavy atom. The maximum absolute atomic E-state index is 10.2. The zero-order valence-corrected chi connectivity index (χ0v) is 28.1. The summed E-state index contributed by atoms with van der Waals surface area (Å²) in [5.74, 6) is 0.615. The molecular formula is C40H55BNO3+. The molecule has 0 saturated heterocycles. The van der Waals surface area contributed by atoms with Crippen LogP contribution < -0.4 is 0 Å². The van der Waals surface area contributed by atoms with E-state index in [1.54, 1.807) is 0 Å². The Morgan fingerprint density at radius 3 is 0.978 bits per heavy atom. The maximum Gasteiger partial charge on any atom is 0.636 e. The van der Waals surface area contributed by atoms with E-state index in [0.29, 0.717) is 25.0 Å². The third-order valence-electron chi connectivity index (χ3n) is 9.29. The lowest BCUT2D eigenvalue weighted by atomic mass is 9.87. The van der Waals surface area contributed by atoms with Gasteiger partial charge in [0.15, 0.2) is 0 Å². The van der Waals surface area contributed by atoms with E-state index in [4.69, 9.17) is 9.31 Å². The van der Waals surface area contributed by atoms with Gasteiger partial charge in [-0.3, -0.25) is 0 Å². The lowest BCUT2D eigenvalue weighted by molar-refractivity contribution is -0.921. The van der Waals surface area contributed by atoms with Crippen LogP contribution >= 0.6 is 0 Å². The van der Waals surface area contributed by atoms with Gasteiger partial charge in [-0.2, -0.15) is 0 Å². The van der Waals surface area contributed by atoms with E-state index in [0.717, 1.165) is 25.7 Å². The zero-order valence-electron chi connectivity index (χ0n) is 28.1. The van der Waals surface area contributed by atoms with Crippen LogP contribution in [0.15, 0.2) is 121 Å². The molecule has 0 aliphatic rings. The van der Waals surface area contributed by atoms with E-state index in [1.165, 1.54) is 52.9 Å². The molecular weight excluding hydrogens is 553 g/mol. The molecule has 4 aromatic rings. The van der Waals surface area contributed by atoms with Gasteiger partial charge in [0.05, 0.1) is 26.2 Å². The largest absolute Gasteiger partial charge is 0.636 e. The minimum Gasteiger partial charge on any atom is -0.402 e. The van der Waals surface area contributed by atoms with Crippen molar-refractivity contribution in [3.63, 3.8) is 0 Å². The Kier molecular flexibility index (Phi) is 16.7. The lowest BCUT2D eigenvalue weighted by Gasteiger charge is -2.34. The van der Waals surface area contributed by atoms with E-state index >= 15 is 0 Å². The number of hydrogen-bond acceptors (Lipinski definition) is 3. The van der Waals surface area contributed by atoms with Crippen LogP contribution in [-0.4, -0.2) is 56.2 Å². The van der Waals surface area contributed by atoms with Crippen LogP contribution in [0.5, 0.6) is 0 Å². The molecule has 0 saturated carbocycles. The fourth-order valence-corrected chi connectivity index (χ4v) is 6.13. The molecule has 5 heteroatoms. The van der Waals surface area contributed by atoms with Crippen LogP contribution in [0.3, 0.4) is 0 Å². The predicted molar refractivity (Wildman–Crippen MR) is 190 cm³/mol. The van der Waals surface area contributed by atoms with Gasteiger partial charge >= 0.3 is 7.32 Å². The van der Waals surface area contributed by atoms with Crippen molar-refractivity contribution in [2.45, 2.75) is 65.2 Å². The Bertz CT molecular complexity index is 1080. The molecule has 4 rings (SSSR count). The van der Waals surface area contributed by atoms with Crippen molar-refractivity contribution >= 4 is 7.32 Å². The number of benzene rings is 4. The molecule has 0 aromatic heterocycles. The Morgan fingerprint density at radius 2 is 0.756 bits per heavy atom. The molecule has 0 unspecified atom stereocenters. The summed E-state index contributed by atoms with van der Waals surface area (Å²) < 4.78 is 12.4. The topological polar surface area (TPSA) is 38.7 Å². The average molecular weight is 609 g/mol. The summed E-state index contributed by atoms with van der Waals surface area (Å²) in [5.41, 5.74) is 5.19. The van der Waals surface area contributed by atoms with Gasteiger partial charge in [-0.1, -0.05) is 121 Å². The normalized spacial score (nSPS) is 11.4. The lowest BCUT2D eigenvalue weighted by Crippen LogP contribution is -2.47. The van der Waals surface area contributed by atoms with Gasteiger partial charge in [0.25, 0.3) is 0 Å². The maximum atomic E-state index is 10.2. The number of nitrogens with zero attached hydrogens (tertiary/aromatic N) is 1. The Hall–Kier alpha value is -3.22. The Balaban J connectivity index is 0.000000535. The third-order valence-corrected chi connectivity index (χ3v) is 9.29. The zero-order chi connectivity index (χ0) is 32.2. The summed E-state index contributed by atoms with van der Waals surface area (Å²) in [6.07, 6.45) is 3.55. The van der Waals surface area contributed by atoms with E-state index in [2.05, 4.69) is 125 Å². The summed E-state index contributed by atoms with van der Waals surface area (Å²) in [4.78, 5) is 0. The minimum absolute atomic E-state index is 0.307. The molecule has 1 N–H and O–H groups in total. The fraction of sp³-hybridized carbons (Fsp3) is 0.400. The third kappa shape index (κ3) is 12.2. The number of hydrogen-bond donors (Lipinski definition) is 1. The fourth-order valence-electron chi connectivity index (χ4n) is 6.13. The van der Waals surface area contributed by atoms with Crippen molar-refractivity contribution < 1.29 is 18.8 Å². The molecule has 0 radical (unpaired) electrons. The average Bonchev–Trinajstić information content (AvgIpc) is 3.11. The summed E-state index contributed by atoms with van der Waals surface area (Å²) in [7, 11) is -1.19.